The molecule has 1 saturated carbocycles. The molecule has 1 unspecified atom stereocenters. The van der Waals surface area contributed by atoms with Crippen molar-refractivity contribution in [2.75, 3.05) is 11.4 Å². The van der Waals surface area contributed by atoms with Gasteiger partial charge in [-0.3, -0.25) is 0 Å². The lowest BCUT2D eigenvalue weighted by Crippen LogP contribution is -2.26. The molecule has 0 aromatic heterocycles. The van der Waals surface area contributed by atoms with Crippen LogP contribution in [0.15, 0.2) is 18.2 Å². The summed E-state index contributed by atoms with van der Waals surface area (Å²) in [6.45, 7) is 5.35. The number of nitrogens with two attached hydrogens (primary N) is 1. The Balaban J connectivity index is 2.15. The first-order chi connectivity index (χ1) is 8.61. The Hall–Kier alpha value is -0.730. The first kappa shape index (κ1) is 13.7. The smallest absolute Gasteiger partial charge is 0.0459 e. The minimum Gasteiger partial charge on any atom is -0.369 e. The summed E-state index contributed by atoms with van der Waals surface area (Å²) >= 11 is 6.36. The van der Waals surface area contributed by atoms with Gasteiger partial charge < -0.3 is 10.6 Å². The molecule has 0 amide bonds. The van der Waals surface area contributed by atoms with Gasteiger partial charge in [0.25, 0.3) is 0 Å². The molecule has 1 aromatic carbocycles. The van der Waals surface area contributed by atoms with Gasteiger partial charge in [0.05, 0.1) is 0 Å². The van der Waals surface area contributed by atoms with Gasteiger partial charge in [0.15, 0.2) is 0 Å². The van der Waals surface area contributed by atoms with Gasteiger partial charge in [-0.15, -0.1) is 0 Å². The van der Waals surface area contributed by atoms with E-state index in [9.17, 15) is 0 Å². The van der Waals surface area contributed by atoms with Crippen LogP contribution in [0.4, 0.5) is 5.69 Å². The van der Waals surface area contributed by atoms with E-state index in [2.05, 4.69) is 30.0 Å². The fourth-order valence-corrected chi connectivity index (χ4v) is 2.63. The average molecular weight is 267 g/mol. The Morgan fingerprint density at radius 2 is 2.17 bits per heavy atom. The van der Waals surface area contributed by atoms with Crippen molar-refractivity contribution in [3.05, 3.63) is 28.8 Å². The number of rotatable bonds is 6. The highest BCUT2D eigenvalue weighted by Gasteiger charge is 2.28. The lowest BCUT2D eigenvalue weighted by molar-refractivity contribution is 0.736. The summed E-state index contributed by atoms with van der Waals surface area (Å²) in [5.74, 6) is 0. The van der Waals surface area contributed by atoms with Crippen molar-refractivity contribution in [1.29, 1.82) is 0 Å². The third-order valence-corrected chi connectivity index (χ3v) is 3.71. The molecule has 18 heavy (non-hydrogen) atoms. The lowest BCUT2D eigenvalue weighted by atomic mass is 10.1. The summed E-state index contributed by atoms with van der Waals surface area (Å²) in [5.41, 5.74) is 8.25. The maximum atomic E-state index is 6.36. The highest BCUT2D eigenvalue weighted by molar-refractivity contribution is 6.31. The van der Waals surface area contributed by atoms with Gasteiger partial charge in [0, 0.05) is 29.3 Å². The molecule has 0 aliphatic heterocycles. The first-order valence-electron chi connectivity index (χ1n) is 6.92. The molecule has 0 heterocycles. The van der Waals surface area contributed by atoms with Crippen LogP contribution in [0.1, 0.15) is 38.7 Å². The highest BCUT2D eigenvalue weighted by atomic mass is 35.5. The predicted molar refractivity (Wildman–Crippen MR) is 79.5 cm³/mol. The predicted octanol–water partition coefficient (Wildman–Crippen LogP) is 3.61. The van der Waals surface area contributed by atoms with E-state index < -0.39 is 0 Å². The van der Waals surface area contributed by atoms with Gasteiger partial charge in [0.2, 0.25) is 0 Å². The van der Waals surface area contributed by atoms with Crippen LogP contribution in [-0.2, 0) is 6.42 Å². The van der Waals surface area contributed by atoms with E-state index in [0.29, 0.717) is 0 Å². The zero-order valence-electron chi connectivity index (χ0n) is 11.3. The number of hydrogen-bond donors (Lipinski definition) is 1. The van der Waals surface area contributed by atoms with Crippen molar-refractivity contribution >= 4 is 17.3 Å². The van der Waals surface area contributed by atoms with Crippen LogP contribution in [0, 0.1) is 0 Å². The van der Waals surface area contributed by atoms with Crippen LogP contribution in [-0.4, -0.2) is 18.6 Å². The van der Waals surface area contributed by atoms with Crippen LogP contribution < -0.4 is 10.6 Å². The minimum atomic E-state index is 0.156. The molecule has 0 bridgehead atoms. The van der Waals surface area contributed by atoms with Crippen LogP contribution in [0.5, 0.6) is 0 Å². The van der Waals surface area contributed by atoms with Crippen molar-refractivity contribution in [1.82, 2.24) is 0 Å². The largest absolute Gasteiger partial charge is 0.369 e. The molecule has 2 rings (SSSR count). The van der Waals surface area contributed by atoms with Gasteiger partial charge >= 0.3 is 0 Å². The van der Waals surface area contributed by atoms with E-state index in [0.717, 1.165) is 29.6 Å². The standard InChI is InChI=1S/C15H23ClN2/c1-3-8-18(13-6-7-13)14-5-4-12(9-11(2)17)15(16)10-14/h4-5,10-11,13H,3,6-9,17H2,1-2H3. The van der Waals surface area contributed by atoms with E-state index in [1.807, 2.05) is 6.92 Å². The molecule has 100 valence electrons. The van der Waals surface area contributed by atoms with Crippen LogP contribution in [0.2, 0.25) is 5.02 Å². The number of benzene rings is 1. The maximum Gasteiger partial charge on any atom is 0.0459 e. The summed E-state index contributed by atoms with van der Waals surface area (Å²) in [4.78, 5) is 2.49. The van der Waals surface area contributed by atoms with Crippen LogP contribution in [0.3, 0.4) is 0 Å². The first-order valence-corrected chi connectivity index (χ1v) is 7.30. The molecule has 2 nitrogen and oxygen atoms in total. The zero-order valence-corrected chi connectivity index (χ0v) is 12.1. The molecule has 1 atom stereocenters. The fraction of sp³-hybridized carbons (Fsp3) is 0.600. The molecule has 1 fully saturated rings. The Morgan fingerprint density at radius 1 is 1.44 bits per heavy atom. The third kappa shape index (κ3) is 3.39. The summed E-state index contributed by atoms with van der Waals surface area (Å²) < 4.78 is 0. The topological polar surface area (TPSA) is 29.3 Å². The van der Waals surface area contributed by atoms with E-state index in [-0.39, 0.29) is 6.04 Å². The van der Waals surface area contributed by atoms with Gasteiger partial charge in [-0.1, -0.05) is 24.6 Å². The van der Waals surface area contributed by atoms with Gasteiger partial charge in [0.1, 0.15) is 0 Å². The van der Waals surface area contributed by atoms with E-state index >= 15 is 0 Å². The van der Waals surface area contributed by atoms with Crippen LogP contribution >= 0.6 is 11.6 Å². The quantitative estimate of drug-likeness (QED) is 0.852. The average Bonchev–Trinajstić information content (AvgIpc) is 3.12. The molecule has 1 aliphatic rings. The van der Waals surface area contributed by atoms with E-state index in [1.165, 1.54) is 24.9 Å². The summed E-state index contributed by atoms with van der Waals surface area (Å²) in [5, 5.41) is 0.853. The van der Waals surface area contributed by atoms with Crippen molar-refractivity contribution in [3.8, 4) is 0 Å². The normalized spacial score (nSPS) is 16.7. The highest BCUT2D eigenvalue weighted by Crippen LogP contribution is 2.33. The Bertz CT molecular complexity index is 399. The van der Waals surface area contributed by atoms with Crippen molar-refractivity contribution in [3.63, 3.8) is 0 Å². The molecule has 0 saturated heterocycles. The molecule has 3 heteroatoms. The SMILES string of the molecule is CCCN(c1ccc(CC(C)N)c(Cl)c1)C1CC1. The second-order valence-electron chi connectivity index (χ2n) is 5.38. The molecular formula is C15H23ClN2. The number of nitrogens with zero attached hydrogens (tertiary/aromatic N) is 1. The van der Waals surface area contributed by atoms with E-state index in [1.54, 1.807) is 0 Å². The molecule has 1 aliphatic carbocycles. The number of halogens is 1. The van der Waals surface area contributed by atoms with Crippen molar-refractivity contribution < 1.29 is 0 Å². The van der Waals surface area contributed by atoms with Gasteiger partial charge in [-0.25, -0.2) is 0 Å². The monoisotopic (exact) mass is 266 g/mol. The summed E-state index contributed by atoms with van der Waals surface area (Å²) in [6, 6.07) is 7.32. The molecular weight excluding hydrogens is 244 g/mol. The molecule has 0 radical (unpaired) electrons. The number of anilines is 1. The molecule has 1 aromatic rings. The second-order valence-corrected chi connectivity index (χ2v) is 5.79. The van der Waals surface area contributed by atoms with E-state index in [4.69, 9.17) is 17.3 Å². The zero-order chi connectivity index (χ0) is 13.1. The van der Waals surface area contributed by atoms with Crippen molar-refractivity contribution in [2.24, 2.45) is 5.73 Å². The maximum absolute atomic E-state index is 6.36. The summed E-state index contributed by atoms with van der Waals surface area (Å²) in [7, 11) is 0. The Kier molecular flexibility index (Phi) is 4.52. The summed E-state index contributed by atoms with van der Waals surface area (Å²) in [6.07, 6.45) is 4.66. The third-order valence-electron chi connectivity index (χ3n) is 3.36. The lowest BCUT2D eigenvalue weighted by Gasteiger charge is -2.25. The molecule has 0 spiro atoms. The van der Waals surface area contributed by atoms with Crippen LogP contribution in [0.25, 0.3) is 0 Å². The second kappa shape index (κ2) is 5.94. The van der Waals surface area contributed by atoms with Gasteiger partial charge in [-0.2, -0.15) is 0 Å². The molecule has 2 N–H and O–H groups in total. The van der Waals surface area contributed by atoms with Gasteiger partial charge in [-0.05, 0) is 50.3 Å². The van der Waals surface area contributed by atoms with Crippen molar-refractivity contribution in [2.45, 2.75) is 51.6 Å². The number of hydrogen-bond acceptors (Lipinski definition) is 2. The minimum absolute atomic E-state index is 0.156. The fourth-order valence-electron chi connectivity index (χ4n) is 2.38. The Morgan fingerprint density at radius 3 is 2.67 bits per heavy atom. The Labute approximate surface area is 115 Å².